The zero-order chi connectivity index (χ0) is 17.7. The van der Waals surface area contributed by atoms with Crippen molar-refractivity contribution in [1.29, 1.82) is 0 Å². The fourth-order valence-corrected chi connectivity index (χ4v) is 2.75. The Hall–Kier alpha value is -2.16. The third-order valence-corrected chi connectivity index (χ3v) is 3.96. The molecule has 1 aromatic carbocycles. The van der Waals surface area contributed by atoms with Gasteiger partial charge in [0.05, 0.1) is 11.0 Å². The van der Waals surface area contributed by atoms with Crippen LogP contribution in [0, 0.1) is 10.1 Å². The third-order valence-electron chi connectivity index (χ3n) is 3.96. The molecular formula is C15H18F3N3O3. The number of non-ortho nitro benzene ring substituents is 1. The van der Waals surface area contributed by atoms with Crippen LogP contribution in [0.2, 0.25) is 0 Å². The molecule has 0 radical (unpaired) electrons. The summed E-state index contributed by atoms with van der Waals surface area (Å²) >= 11 is 0. The van der Waals surface area contributed by atoms with E-state index >= 15 is 0 Å². The average molecular weight is 345 g/mol. The van der Waals surface area contributed by atoms with E-state index in [2.05, 4.69) is 0 Å². The Morgan fingerprint density at radius 3 is 2.58 bits per heavy atom. The molecule has 2 rings (SSSR count). The lowest BCUT2D eigenvalue weighted by molar-refractivity contribution is -0.384. The highest BCUT2D eigenvalue weighted by Crippen LogP contribution is 2.20. The predicted molar refractivity (Wildman–Crippen MR) is 80.5 cm³/mol. The minimum absolute atomic E-state index is 0.00401. The highest BCUT2D eigenvalue weighted by atomic mass is 19.4. The van der Waals surface area contributed by atoms with Crippen LogP contribution in [0.15, 0.2) is 24.3 Å². The lowest BCUT2D eigenvalue weighted by Crippen LogP contribution is -2.46. The number of nitro groups is 1. The van der Waals surface area contributed by atoms with Gasteiger partial charge in [0, 0.05) is 18.7 Å². The summed E-state index contributed by atoms with van der Waals surface area (Å²) in [6.45, 7) is -0.155. The molecule has 1 aliphatic rings. The molecule has 1 heterocycles. The van der Waals surface area contributed by atoms with Gasteiger partial charge in [-0.15, -0.1) is 0 Å². The van der Waals surface area contributed by atoms with Crippen molar-refractivity contribution in [3.05, 3.63) is 39.9 Å². The normalized spacial score (nSPS) is 18.5. The molecule has 1 saturated heterocycles. The van der Waals surface area contributed by atoms with Crippen LogP contribution in [0.1, 0.15) is 18.4 Å². The molecule has 24 heavy (non-hydrogen) atoms. The Morgan fingerprint density at radius 2 is 2.00 bits per heavy atom. The van der Waals surface area contributed by atoms with Crippen LogP contribution >= 0.6 is 0 Å². The molecular weight excluding hydrogens is 327 g/mol. The number of rotatable bonds is 6. The number of amides is 1. The zero-order valence-electron chi connectivity index (χ0n) is 12.9. The van der Waals surface area contributed by atoms with Crippen molar-refractivity contribution in [2.24, 2.45) is 0 Å². The molecule has 1 N–H and O–H groups in total. The maximum atomic E-state index is 12.2. The number of carbonyl (C=O) groups excluding carboxylic acids is 1. The molecule has 0 aliphatic carbocycles. The summed E-state index contributed by atoms with van der Waals surface area (Å²) in [5, 5.41) is 12.5. The van der Waals surface area contributed by atoms with Crippen LogP contribution in [-0.2, 0) is 11.2 Å². The van der Waals surface area contributed by atoms with Gasteiger partial charge in [-0.25, -0.2) is 0 Å². The van der Waals surface area contributed by atoms with Crippen molar-refractivity contribution < 1.29 is 22.9 Å². The second-order valence-corrected chi connectivity index (χ2v) is 5.70. The standard InChI is InChI=1S/C15H18F3N3O3/c16-15(17,18)10-19-14(22)13-2-1-8-20(13)9-7-11-3-5-12(6-4-11)21(23)24/h3-6,13H,1-2,7-10H2,(H,19,22)/t13-/m1/s1. The first-order valence-electron chi connectivity index (χ1n) is 7.58. The van der Waals surface area contributed by atoms with Gasteiger partial charge in [-0.05, 0) is 31.4 Å². The topological polar surface area (TPSA) is 75.5 Å². The summed E-state index contributed by atoms with van der Waals surface area (Å²) in [7, 11) is 0. The molecule has 1 aliphatic heterocycles. The smallest absolute Gasteiger partial charge is 0.346 e. The van der Waals surface area contributed by atoms with Gasteiger partial charge in [0.25, 0.3) is 5.69 Å². The minimum atomic E-state index is -4.42. The van der Waals surface area contributed by atoms with E-state index < -0.39 is 29.6 Å². The number of carbonyl (C=O) groups is 1. The molecule has 0 saturated carbocycles. The minimum Gasteiger partial charge on any atom is -0.346 e. The van der Waals surface area contributed by atoms with Crippen LogP contribution < -0.4 is 5.32 Å². The van der Waals surface area contributed by atoms with E-state index in [1.54, 1.807) is 12.1 Å². The fourth-order valence-electron chi connectivity index (χ4n) is 2.75. The van der Waals surface area contributed by atoms with Gasteiger partial charge in [0.15, 0.2) is 0 Å². The molecule has 1 fully saturated rings. The number of likely N-dealkylation sites (tertiary alicyclic amines) is 1. The molecule has 1 aromatic rings. The first kappa shape index (κ1) is 18.2. The fraction of sp³-hybridized carbons (Fsp3) is 0.533. The second kappa shape index (κ2) is 7.61. The number of nitrogens with zero attached hydrogens (tertiary/aromatic N) is 2. The van der Waals surface area contributed by atoms with E-state index in [1.165, 1.54) is 12.1 Å². The molecule has 1 amide bonds. The van der Waals surface area contributed by atoms with Crippen LogP contribution in [0.3, 0.4) is 0 Å². The van der Waals surface area contributed by atoms with Crippen molar-refractivity contribution in [3.63, 3.8) is 0 Å². The average Bonchev–Trinajstić information content (AvgIpc) is 2.99. The number of hydrogen-bond donors (Lipinski definition) is 1. The SMILES string of the molecule is O=C(NCC(F)(F)F)[C@H]1CCCN1CCc1ccc([N+](=O)[O-])cc1. The number of halogens is 3. The maximum absolute atomic E-state index is 12.2. The largest absolute Gasteiger partial charge is 0.405 e. The lowest BCUT2D eigenvalue weighted by Gasteiger charge is -2.23. The van der Waals surface area contributed by atoms with E-state index in [9.17, 15) is 28.1 Å². The van der Waals surface area contributed by atoms with Crippen molar-refractivity contribution in [2.45, 2.75) is 31.5 Å². The summed E-state index contributed by atoms with van der Waals surface area (Å²) < 4.78 is 36.5. The Morgan fingerprint density at radius 1 is 1.33 bits per heavy atom. The summed E-state index contributed by atoms with van der Waals surface area (Å²) in [5.74, 6) is -0.603. The molecule has 1 atom stereocenters. The summed E-state index contributed by atoms with van der Waals surface area (Å²) in [6.07, 6.45) is -2.56. The number of benzene rings is 1. The molecule has 0 aromatic heterocycles. The highest BCUT2D eigenvalue weighted by Gasteiger charge is 2.33. The van der Waals surface area contributed by atoms with Gasteiger partial charge in [0.1, 0.15) is 6.54 Å². The number of nitro benzene ring substituents is 1. The molecule has 0 bridgehead atoms. The van der Waals surface area contributed by atoms with Crippen LogP contribution in [0.5, 0.6) is 0 Å². The highest BCUT2D eigenvalue weighted by molar-refractivity contribution is 5.82. The first-order valence-corrected chi connectivity index (χ1v) is 7.58. The van der Waals surface area contributed by atoms with Crippen LogP contribution in [0.25, 0.3) is 0 Å². The van der Waals surface area contributed by atoms with Crippen molar-refractivity contribution >= 4 is 11.6 Å². The van der Waals surface area contributed by atoms with Crippen molar-refractivity contribution in [1.82, 2.24) is 10.2 Å². The van der Waals surface area contributed by atoms with E-state index in [4.69, 9.17) is 0 Å². The van der Waals surface area contributed by atoms with E-state index in [0.717, 1.165) is 12.0 Å². The Balaban J connectivity index is 1.86. The van der Waals surface area contributed by atoms with Gasteiger partial charge in [-0.2, -0.15) is 13.2 Å². The summed E-state index contributed by atoms with van der Waals surface area (Å²) in [4.78, 5) is 23.9. The van der Waals surface area contributed by atoms with E-state index in [0.29, 0.717) is 25.9 Å². The number of alkyl halides is 3. The lowest BCUT2D eigenvalue weighted by atomic mass is 10.1. The van der Waals surface area contributed by atoms with Gasteiger partial charge in [-0.1, -0.05) is 12.1 Å². The second-order valence-electron chi connectivity index (χ2n) is 5.70. The Bertz CT molecular complexity index is 590. The van der Waals surface area contributed by atoms with E-state index in [-0.39, 0.29) is 5.69 Å². The molecule has 0 unspecified atom stereocenters. The Kier molecular flexibility index (Phi) is 5.76. The Labute approximate surface area is 136 Å². The quantitative estimate of drug-likeness (QED) is 0.634. The molecule has 132 valence electrons. The first-order chi connectivity index (χ1) is 11.3. The monoisotopic (exact) mass is 345 g/mol. The van der Waals surface area contributed by atoms with Crippen LogP contribution in [-0.4, -0.2) is 47.6 Å². The predicted octanol–water partition coefficient (Wildman–Crippen LogP) is 2.28. The van der Waals surface area contributed by atoms with Gasteiger partial charge in [0.2, 0.25) is 5.91 Å². The van der Waals surface area contributed by atoms with Gasteiger partial charge < -0.3 is 5.32 Å². The van der Waals surface area contributed by atoms with Crippen LogP contribution in [0.4, 0.5) is 18.9 Å². The summed E-state index contributed by atoms with van der Waals surface area (Å²) in [6, 6.07) is 5.56. The number of hydrogen-bond acceptors (Lipinski definition) is 4. The zero-order valence-corrected chi connectivity index (χ0v) is 12.9. The van der Waals surface area contributed by atoms with Gasteiger partial charge >= 0.3 is 6.18 Å². The maximum Gasteiger partial charge on any atom is 0.405 e. The van der Waals surface area contributed by atoms with Crippen molar-refractivity contribution in [2.75, 3.05) is 19.6 Å². The van der Waals surface area contributed by atoms with E-state index in [1.807, 2.05) is 10.2 Å². The van der Waals surface area contributed by atoms with Gasteiger partial charge in [-0.3, -0.25) is 19.8 Å². The molecule has 9 heteroatoms. The molecule has 0 spiro atoms. The molecule has 6 nitrogen and oxygen atoms in total. The summed E-state index contributed by atoms with van der Waals surface area (Å²) in [5.41, 5.74) is 0.881. The number of nitrogens with one attached hydrogen (secondary N) is 1. The van der Waals surface area contributed by atoms with Crippen molar-refractivity contribution in [3.8, 4) is 0 Å². The third kappa shape index (κ3) is 5.19.